The van der Waals surface area contributed by atoms with Crippen LogP contribution >= 0.6 is 12.2 Å². The molecule has 0 heterocycles. The lowest BCUT2D eigenvalue weighted by Crippen LogP contribution is -2.39. The molecule has 3 aromatic rings. The molecule has 31 heavy (non-hydrogen) atoms. The van der Waals surface area contributed by atoms with Crippen molar-refractivity contribution in [3.63, 3.8) is 0 Å². The van der Waals surface area contributed by atoms with E-state index in [-0.39, 0.29) is 16.5 Å². The zero-order valence-corrected chi connectivity index (χ0v) is 16.9. The van der Waals surface area contributed by atoms with Crippen LogP contribution in [0.15, 0.2) is 78.9 Å². The van der Waals surface area contributed by atoms with Crippen LogP contribution in [0, 0.1) is 21.4 Å². The molecular weight excluding hydrogens is 414 g/mol. The molecule has 0 fully saturated rings. The van der Waals surface area contributed by atoms with Gasteiger partial charge in [-0.2, -0.15) is 5.26 Å². The number of carbonyl (C=O) groups is 1. The maximum Gasteiger partial charge on any atom is 0.292 e. The summed E-state index contributed by atoms with van der Waals surface area (Å²) in [5.74, 6) is -0.444. The van der Waals surface area contributed by atoms with Crippen molar-refractivity contribution in [1.82, 2.24) is 5.32 Å². The molecule has 0 saturated carbocycles. The van der Waals surface area contributed by atoms with Crippen LogP contribution in [0.4, 0.5) is 17.1 Å². The summed E-state index contributed by atoms with van der Waals surface area (Å²) >= 11 is 5.31. The highest BCUT2D eigenvalue weighted by atomic mass is 32.1. The Bertz CT molecular complexity index is 1160. The van der Waals surface area contributed by atoms with Gasteiger partial charge in [0.15, 0.2) is 5.11 Å². The van der Waals surface area contributed by atoms with Gasteiger partial charge in [0.25, 0.3) is 11.6 Å². The minimum Gasteiger partial charge on any atom is -0.347 e. The number of thiocarbonyl (C=S) groups is 1. The van der Waals surface area contributed by atoms with Gasteiger partial charge >= 0.3 is 0 Å². The lowest BCUT2D eigenvalue weighted by Gasteiger charge is -2.21. The first-order valence-corrected chi connectivity index (χ1v) is 9.56. The molecule has 0 aliphatic carbocycles. The van der Waals surface area contributed by atoms with Gasteiger partial charge in [-0.15, -0.1) is 0 Å². The number of nitriles is 1. The van der Waals surface area contributed by atoms with E-state index in [1.807, 2.05) is 12.1 Å². The summed E-state index contributed by atoms with van der Waals surface area (Å²) in [6.07, 6.45) is 0. The van der Waals surface area contributed by atoms with Crippen molar-refractivity contribution in [2.24, 2.45) is 0 Å². The van der Waals surface area contributed by atoms with Crippen molar-refractivity contribution in [2.45, 2.75) is 6.04 Å². The molecule has 1 atom stereocenters. The smallest absolute Gasteiger partial charge is 0.292 e. The van der Waals surface area contributed by atoms with Crippen LogP contribution in [-0.2, 0) is 4.79 Å². The van der Waals surface area contributed by atoms with E-state index in [9.17, 15) is 20.2 Å². The van der Waals surface area contributed by atoms with Gasteiger partial charge in [0, 0.05) is 6.07 Å². The van der Waals surface area contributed by atoms with Gasteiger partial charge < -0.3 is 16.0 Å². The fraction of sp³-hybridized carbons (Fsp3) is 0.0455. The fourth-order valence-corrected chi connectivity index (χ4v) is 3.10. The topological polar surface area (TPSA) is 120 Å². The number of hydrogen-bond donors (Lipinski definition) is 3. The molecule has 0 bridgehead atoms. The first-order chi connectivity index (χ1) is 15.0. The van der Waals surface area contributed by atoms with E-state index < -0.39 is 16.9 Å². The Morgan fingerprint density at radius 3 is 2.23 bits per heavy atom. The molecule has 0 radical (unpaired) electrons. The normalized spacial score (nSPS) is 10.9. The number of amides is 1. The Morgan fingerprint density at radius 2 is 1.55 bits per heavy atom. The van der Waals surface area contributed by atoms with Gasteiger partial charge in [-0.05, 0) is 36.0 Å². The number of carbonyl (C=O) groups excluding carboxylic acids is 1. The molecule has 0 aromatic heterocycles. The molecule has 3 aromatic carbocycles. The van der Waals surface area contributed by atoms with Gasteiger partial charge in [0.05, 0.1) is 16.2 Å². The third-order valence-electron chi connectivity index (χ3n) is 4.32. The van der Waals surface area contributed by atoms with Crippen LogP contribution < -0.4 is 16.0 Å². The molecule has 1 unspecified atom stereocenters. The second kappa shape index (κ2) is 9.96. The summed E-state index contributed by atoms with van der Waals surface area (Å²) in [5.41, 5.74) is 1.38. The third kappa shape index (κ3) is 5.41. The summed E-state index contributed by atoms with van der Waals surface area (Å²) in [7, 11) is 0. The maximum atomic E-state index is 13.1. The number of anilines is 2. The van der Waals surface area contributed by atoms with E-state index in [2.05, 4.69) is 16.0 Å². The number of rotatable bonds is 6. The Hall–Kier alpha value is -4.29. The number of nitrogens with zero attached hydrogens (tertiary/aromatic N) is 2. The van der Waals surface area contributed by atoms with Crippen LogP contribution in [0.5, 0.6) is 0 Å². The summed E-state index contributed by atoms with van der Waals surface area (Å²) in [5, 5.41) is 29.0. The Kier molecular flexibility index (Phi) is 6.88. The van der Waals surface area contributed by atoms with E-state index in [1.165, 1.54) is 12.1 Å². The Labute approximate surface area is 183 Å². The number of nitro benzene ring substituents is 1. The number of para-hydroxylation sites is 3. The molecule has 0 spiro atoms. The molecule has 1 amide bonds. The van der Waals surface area contributed by atoms with Crippen LogP contribution in [0.25, 0.3) is 0 Å². The lowest BCUT2D eigenvalue weighted by atomic mass is 10.1. The largest absolute Gasteiger partial charge is 0.347 e. The van der Waals surface area contributed by atoms with Crippen LogP contribution in [0.3, 0.4) is 0 Å². The molecular formula is C22H17N5O3S. The van der Waals surface area contributed by atoms with E-state index in [1.54, 1.807) is 60.7 Å². The highest BCUT2D eigenvalue weighted by molar-refractivity contribution is 7.80. The summed E-state index contributed by atoms with van der Waals surface area (Å²) in [6, 6.07) is 22.7. The minimum atomic E-state index is -0.907. The SMILES string of the molecule is N#Cc1ccccc1NC(=O)C(NC(=S)Nc1ccccc1[N+](=O)[O-])c1ccccc1. The molecule has 154 valence electrons. The van der Waals surface area contributed by atoms with Crippen molar-refractivity contribution in [3.05, 3.63) is 100 Å². The Morgan fingerprint density at radius 1 is 0.935 bits per heavy atom. The number of nitrogens with one attached hydrogen (secondary N) is 3. The van der Waals surface area contributed by atoms with Crippen LogP contribution in [0.2, 0.25) is 0 Å². The Balaban J connectivity index is 1.83. The number of nitro groups is 1. The zero-order chi connectivity index (χ0) is 22.2. The fourth-order valence-electron chi connectivity index (χ4n) is 2.87. The molecule has 9 heteroatoms. The minimum absolute atomic E-state index is 0.0341. The molecule has 0 saturated heterocycles. The standard InChI is InChI=1S/C22H17N5O3S/c23-14-16-10-4-5-11-17(16)24-21(28)20(15-8-2-1-3-9-15)26-22(31)25-18-12-6-7-13-19(18)27(29)30/h1-13,20H,(H,24,28)(H2,25,26,31). The summed E-state index contributed by atoms with van der Waals surface area (Å²) < 4.78 is 0. The first-order valence-electron chi connectivity index (χ1n) is 9.15. The second-order valence-electron chi connectivity index (χ2n) is 6.36. The zero-order valence-electron chi connectivity index (χ0n) is 16.1. The first kappa shape index (κ1) is 21.4. The summed E-state index contributed by atoms with van der Waals surface area (Å²) in [6.45, 7) is 0. The van der Waals surface area contributed by atoms with Crippen molar-refractivity contribution < 1.29 is 9.72 Å². The van der Waals surface area contributed by atoms with Crippen LogP contribution in [0.1, 0.15) is 17.2 Å². The van der Waals surface area contributed by atoms with Crippen molar-refractivity contribution in [1.29, 1.82) is 5.26 Å². The van der Waals surface area contributed by atoms with E-state index in [0.29, 0.717) is 16.8 Å². The lowest BCUT2D eigenvalue weighted by molar-refractivity contribution is -0.383. The average Bonchev–Trinajstić information content (AvgIpc) is 2.78. The van der Waals surface area contributed by atoms with E-state index in [0.717, 1.165) is 0 Å². The van der Waals surface area contributed by atoms with Gasteiger partial charge in [-0.25, -0.2) is 0 Å². The quantitative estimate of drug-likeness (QED) is 0.305. The summed E-state index contributed by atoms with van der Waals surface area (Å²) in [4.78, 5) is 23.8. The van der Waals surface area contributed by atoms with Crippen molar-refractivity contribution in [3.8, 4) is 6.07 Å². The molecule has 3 rings (SSSR count). The second-order valence-corrected chi connectivity index (χ2v) is 6.77. The van der Waals surface area contributed by atoms with Crippen molar-refractivity contribution >= 4 is 40.3 Å². The molecule has 0 aliphatic rings. The third-order valence-corrected chi connectivity index (χ3v) is 4.54. The predicted molar refractivity (Wildman–Crippen MR) is 121 cm³/mol. The van der Waals surface area contributed by atoms with E-state index >= 15 is 0 Å². The van der Waals surface area contributed by atoms with Gasteiger partial charge in [0.2, 0.25) is 0 Å². The van der Waals surface area contributed by atoms with Gasteiger partial charge in [-0.3, -0.25) is 14.9 Å². The van der Waals surface area contributed by atoms with Crippen molar-refractivity contribution in [2.75, 3.05) is 10.6 Å². The molecule has 0 aliphatic heterocycles. The maximum absolute atomic E-state index is 13.1. The molecule has 3 N–H and O–H groups in total. The van der Waals surface area contributed by atoms with Crippen LogP contribution in [-0.4, -0.2) is 15.9 Å². The number of benzene rings is 3. The highest BCUT2D eigenvalue weighted by Gasteiger charge is 2.23. The monoisotopic (exact) mass is 431 g/mol. The van der Waals surface area contributed by atoms with Gasteiger partial charge in [0.1, 0.15) is 17.8 Å². The van der Waals surface area contributed by atoms with Gasteiger partial charge in [-0.1, -0.05) is 54.6 Å². The van der Waals surface area contributed by atoms with E-state index in [4.69, 9.17) is 12.2 Å². The average molecular weight is 431 g/mol. The predicted octanol–water partition coefficient (Wildman–Crippen LogP) is 4.13. The highest BCUT2D eigenvalue weighted by Crippen LogP contribution is 2.24. The number of hydrogen-bond acceptors (Lipinski definition) is 5. The molecule has 8 nitrogen and oxygen atoms in total.